The Morgan fingerprint density at radius 3 is 2.45 bits per heavy atom. The average Bonchev–Trinajstić information content (AvgIpc) is 2.46. The Morgan fingerprint density at radius 1 is 1.14 bits per heavy atom. The summed E-state index contributed by atoms with van der Waals surface area (Å²) in [5.41, 5.74) is 1.15. The molecule has 0 spiro atoms. The van der Waals surface area contributed by atoms with Crippen LogP contribution in [0.3, 0.4) is 0 Å². The number of aryl methyl sites for hydroxylation is 1. The van der Waals surface area contributed by atoms with Crippen LogP contribution in [-0.2, 0) is 16.6 Å². The van der Waals surface area contributed by atoms with Crippen LogP contribution in [0, 0.1) is 5.82 Å². The summed E-state index contributed by atoms with van der Waals surface area (Å²) >= 11 is 0. The topological polar surface area (TPSA) is 57.5 Å². The van der Waals surface area contributed by atoms with Gasteiger partial charge in [0.25, 0.3) is 0 Å². The molecule has 0 atom stereocenters. The lowest BCUT2D eigenvalue weighted by molar-refractivity contribution is -0.136. The zero-order valence-corrected chi connectivity index (χ0v) is 12.6. The zero-order chi connectivity index (χ0) is 16.3. The first-order valence-electron chi connectivity index (χ1n) is 7.11. The summed E-state index contributed by atoms with van der Waals surface area (Å²) in [5.74, 6) is -1.13. The van der Waals surface area contributed by atoms with Crippen molar-refractivity contribution in [1.29, 1.82) is 0 Å². The van der Waals surface area contributed by atoms with Crippen molar-refractivity contribution in [3.8, 4) is 5.75 Å². The Kier molecular flexibility index (Phi) is 4.50. The first kappa shape index (κ1) is 16.0. The summed E-state index contributed by atoms with van der Waals surface area (Å²) in [6, 6.07) is 11.4. The first-order chi connectivity index (χ1) is 10.3. The molecule has 2 aromatic carbocycles. The maximum absolute atomic E-state index is 14.1. The Bertz CT molecular complexity index is 692. The summed E-state index contributed by atoms with van der Waals surface area (Å²) in [6.45, 7) is 3.67. The van der Waals surface area contributed by atoms with E-state index in [1.165, 1.54) is 12.1 Å². The van der Waals surface area contributed by atoms with Gasteiger partial charge in [0.05, 0.1) is 0 Å². The highest BCUT2D eigenvalue weighted by atomic mass is 19.1. The van der Waals surface area contributed by atoms with Crippen molar-refractivity contribution >= 4 is 5.97 Å². The Labute approximate surface area is 129 Å². The normalized spacial score (nSPS) is 11.4. The molecule has 0 fully saturated rings. The molecule has 2 rings (SSSR count). The lowest BCUT2D eigenvalue weighted by Gasteiger charge is -2.27. The van der Waals surface area contributed by atoms with E-state index in [2.05, 4.69) is 0 Å². The number of aliphatic carboxylic acids is 1. The molecule has 0 aliphatic rings. The van der Waals surface area contributed by atoms with E-state index in [-0.39, 0.29) is 18.0 Å². The number of hydrogen-bond acceptors (Lipinski definition) is 2. The van der Waals surface area contributed by atoms with Crippen LogP contribution in [-0.4, -0.2) is 16.2 Å². The van der Waals surface area contributed by atoms with Crippen LogP contribution in [0.4, 0.5) is 4.39 Å². The van der Waals surface area contributed by atoms with E-state index in [4.69, 9.17) is 5.11 Å². The third-order valence-electron chi connectivity index (χ3n) is 3.91. The van der Waals surface area contributed by atoms with E-state index in [1.54, 1.807) is 30.3 Å². The fraction of sp³-hybridized carbons (Fsp3) is 0.278. The minimum Gasteiger partial charge on any atom is -0.508 e. The van der Waals surface area contributed by atoms with Gasteiger partial charge in [-0.2, -0.15) is 0 Å². The number of phenolic OH excluding ortho intramolecular Hbond substituents is 1. The van der Waals surface area contributed by atoms with Gasteiger partial charge in [-0.05, 0) is 29.7 Å². The molecule has 2 N–H and O–H groups in total. The fourth-order valence-corrected chi connectivity index (χ4v) is 2.60. The Hall–Kier alpha value is -2.36. The number of rotatable bonds is 5. The Morgan fingerprint density at radius 2 is 1.82 bits per heavy atom. The van der Waals surface area contributed by atoms with Gasteiger partial charge < -0.3 is 10.2 Å². The number of halogens is 1. The predicted molar refractivity (Wildman–Crippen MR) is 82.6 cm³/mol. The number of benzene rings is 2. The van der Waals surface area contributed by atoms with Crippen LogP contribution >= 0.6 is 0 Å². The minimum atomic E-state index is -0.872. The highest BCUT2D eigenvalue weighted by Crippen LogP contribution is 2.38. The van der Waals surface area contributed by atoms with Crippen LogP contribution < -0.4 is 0 Å². The molecule has 0 radical (unpaired) electrons. The molecule has 116 valence electrons. The fourth-order valence-electron chi connectivity index (χ4n) is 2.60. The molecular formula is C18H19FO3. The van der Waals surface area contributed by atoms with Crippen molar-refractivity contribution in [2.24, 2.45) is 0 Å². The van der Waals surface area contributed by atoms with Crippen molar-refractivity contribution in [2.45, 2.75) is 32.1 Å². The summed E-state index contributed by atoms with van der Waals surface area (Å²) in [6.07, 6.45) is 0.389. The molecule has 0 aliphatic carbocycles. The van der Waals surface area contributed by atoms with E-state index in [9.17, 15) is 14.3 Å². The zero-order valence-electron chi connectivity index (χ0n) is 12.6. The Balaban J connectivity index is 2.44. The summed E-state index contributed by atoms with van der Waals surface area (Å²) in [4.78, 5) is 10.7. The number of carboxylic acids is 1. The van der Waals surface area contributed by atoms with E-state index >= 15 is 0 Å². The number of hydrogen-bond donors (Lipinski definition) is 2. The van der Waals surface area contributed by atoms with Gasteiger partial charge >= 0.3 is 5.97 Å². The lowest BCUT2D eigenvalue weighted by Crippen LogP contribution is -2.21. The molecule has 0 aliphatic heterocycles. The van der Waals surface area contributed by atoms with E-state index < -0.39 is 11.4 Å². The molecule has 22 heavy (non-hydrogen) atoms. The van der Waals surface area contributed by atoms with Crippen molar-refractivity contribution in [3.63, 3.8) is 0 Å². The molecule has 0 saturated heterocycles. The van der Waals surface area contributed by atoms with Crippen molar-refractivity contribution in [1.82, 2.24) is 0 Å². The molecule has 0 saturated carbocycles. The maximum Gasteiger partial charge on any atom is 0.303 e. The second-order valence-corrected chi connectivity index (χ2v) is 5.85. The van der Waals surface area contributed by atoms with Gasteiger partial charge in [0.2, 0.25) is 0 Å². The van der Waals surface area contributed by atoms with E-state index in [0.717, 1.165) is 5.56 Å². The highest BCUT2D eigenvalue weighted by Gasteiger charge is 2.29. The van der Waals surface area contributed by atoms with Gasteiger partial charge in [-0.3, -0.25) is 4.79 Å². The van der Waals surface area contributed by atoms with Gasteiger partial charge in [-0.15, -0.1) is 0 Å². The number of carbonyl (C=O) groups is 1. The van der Waals surface area contributed by atoms with Crippen LogP contribution in [0.1, 0.15) is 37.0 Å². The average molecular weight is 302 g/mol. The SMILES string of the molecule is CC(C)(c1cc(CCC(=O)O)ccc1O)c1ccccc1F. The molecule has 4 heteroatoms. The van der Waals surface area contributed by atoms with Gasteiger partial charge in [0, 0.05) is 17.4 Å². The van der Waals surface area contributed by atoms with Gasteiger partial charge in [0.15, 0.2) is 0 Å². The second kappa shape index (κ2) is 6.18. The van der Waals surface area contributed by atoms with Gasteiger partial charge in [-0.1, -0.05) is 44.2 Å². The quantitative estimate of drug-likeness (QED) is 0.881. The van der Waals surface area contributed by atoms with Crippen molar-refractivity contribution in [3.05, 3.63) is 65.0 Å². The molecule has 0 unspecified atom stereocenters. The monoisotopic (exact) mass is 302 g/mol. The predicted octanol–water partition coefficient (Wildman–Crippen LogP) is 3.87. The molecular weight excluding hydrogens is 283 g/mol. The van der Waals surface area contributed by atoms with Crippen molar-refractivity contribution in [2.75, 3.05) is 0 Å². The first-order valence-corrected chi connectivity index (χ1v) is 7.11. The number of carboxylic acid groups (broad SMARTS) is 1. The molecule has 0 heterocycles. The van der Waals surface area contributed by atoms with Crippen LogP contribution in [0.15, 0.2) is 42.5 Å². The molecule has 0 aromatic heterocycles. The summed E-state index contributed by atoms with van der Waals surface area (Å²) < 4.78 is 14.1. The minimum absolute atomic E-state index is 0.0182. The smallest absolute Gasteiger partial charge is 0.303 e. The van der Waals surface area contributed by atoms with Gasteiger partial charge in [-0.25, -0.2) is 4.39 Å². The standard InChI is InChI=1S/C18H19FO3/c1-18(2,13-5-3-4-6-15(13)19)14-11-12(7-9-16(14)20)8-10-17(21)22/h3-7,9,11,20H,8,10H2,1-2H3,(H,21,22). The lowest BCUT2D eigenvalue weighted by atomic mass is 9.76. The molecule has 0 bridgehead atoms. The van der Waals surface area contributed by atoms with E-state index in [0.29, 0.717) is 17.5 Å². The summed E-state index contributed by atoms with van der Waals surface area (Å²) in [5, 5.41) is 18.9. The summed E-state index contributed by atoms with van der Waals surface area (Å²) in [7, 11) is 0. The van der Waals surface area contributed by atoms with Gasteiger partial charge in [0.1, 0.15) is 11.6 Å². The number of phenols is 1. The number of aromatic hydroxyl groups is 1. The third-order valence-corrected chi connectivity index (χ3v) is 3.91. The highest BCUT2D eigenvalue weighted by molar-refractivity contribution is 5.67. The molecule has 0 amide bonds. The van der Waals surface area contributed by atoms with Crippen LogP contribution in [0.2, 0.25) is 0 Å². The van der Waals surface area contributed by atoms with Crippen LogP contribution in [0.25, 0.3) is 0 Å². The molecule has 3 nitrogen and oxygen atoms in total. The third kappa shape index (κ3) is 3.27. The van der Waals surface area contributed by atoms with E-state index in [1.807, 2.05) is 13.8 Å². The second-order valence-electron chi connectivity index (χ2n) is 5.85. The maximum atomic E-state index is 14.1. The largest absolute Gasteiger partial charge is 0.508 e. The molecule has 2 aromatic rings. The van der Waals surface area contributed by atoms with Crippen molar-refractivity contribution < 1.29 is 19.4 Å². The van der Waals surface area contributed by atoms with Crippen LogP contribution in [0.5, 0.6) is 5.75 Å².